The van der Waals surface area contributed by atoms with Crippen molar-refractivity contribution in [1.82, 2.24) is 5.32 Å². The number of rotatable bonds is 4. The Morgan fingerprint density at radius 3 is 2.71 bits per heavy atom. The van der Waals surface area contributed by atoms with Crippen LogP contribution in [0.25, 0.3) is 0 Å². The van der Waals surface area contributed by atoms with Crippen molar-refractivity contribution in [3.63, 3.8) is 0 Å². The van der Waals surface area contributed by atoms with E-state index in [2.05, 4.69) is 39.4 Å². The smallest absolute Gasteiger partial charge is 0.0701 e. The summed E-state index contributed by atoms with van der Waals surface area (Å²) in [6, 6.07) is 7.30. The Morgan fingerprint density at radius 1 is 1.35 bits per heavy atom. The molecular formula is C13H17BrN2S. The van der Waals surface area contributed by atoms with Gasteiger partial charge >= 0.3 is 0 Å². The van der Waals surface area contributed by atoms with Gasteiger partial charge in [0.1, 0.15) is 0 Å². The van der Waals surface area contributed by atoms with Crippen LogP contribution >= 0.6 is 27.3 Å². The zero-order chi connectivity index (χ0) is 12.1. The van der Waals surface area contributed by atoms with E-state index < -0.39 is 0 Å². The summed E-state index contributed by atoms with van der Waals surface area (Å²) in [5.41, 5.74) is 0. The van der Waals surface area contributed by atoms with Crippen LogP contribution in [0.2, 0.25) is 0 Å². The molecule has 1 heterocycles. The summed E-state index contributed by atoms with van der Waals surface area (Å²) in [6.07, 6.45) is 5.56. The summed E-state index contributed by atoms with van der Waals surface area (Å²) >= 11 is 5.29. The van der Waals surface area contributed by atoms with Crippen LogP contribution in [0.15, 0.2) is 15.9 Å². The monoisotopic (exact) mass is 312 g/mol. The molecule has 17 heavy (non-hydrogen) atoms. The SMILES string of the molecule is N#CC1CCC(NCCc2ccc(Br)s2)CC1. The third kappa shape index (κ3) is 4.09. The van der Waals surface area contributed by atoms with Crippen molar-refractivity contribution in [1.29, 1.82) is 5.26 Å². The average molecular weight is 313 g/mol. The fourth-order valence-corrected chi connectivity index (χ4v) is 3.79. The number of thiophene rings is 1. The van der Waals surface area contributed by atoms with E-state index in [0.29, 0.717) is 12.0 Å². The normalized spacial score (nSPS) is 24.5. The topological polar surface area (TPSA) is 35.8 Å². The quantitative estimate of drug-likeness (QED) is 0.919. The van der Waals surface area contributed by atoms with Crippen LogP contribution in [0.1, 0.15) is 30.6 Å². The van der Waals surface area contributed by atoms with Crippen LogP contribution in [0.5, 0.6) is 0 Å². The van der Waals surface area contributed by atoms with Crippen molar-refractivity contribution in [2.45, 2.75) is 38.1 Å². The van der Waals surface area contributed by atoms with Gasteiger partial charge in [0.2, 0.25) is 0 Å². The Balaban J connectivity index is 1.65. The number of hydrogen-bond acceptors (Lipinski definition) is 3. The Bertz CT molecular complexity index is 388. The van der Waals surface area contributed by atoms with Gasteiger partial charge in [0.05, 0.1) is 9.86 Å². The Hall–Kier alpha value is -0.370. The van der Waals surface area contributed by atoms with E-state index in [1.807, 2.05) is 11.3 Å². The van der Waals surface area contributed by atoms with Crippen LogP contribution in [0.4, 0.5) is 0 Å². The molecule has 2 rings (SSSR count). The lowest BCUT2D eigenvalue weighted by Gasteiger charge is -2.25. The minimum atomic E-state index is 0.307. The fraction of sp³-hybridized carbons (Fsp3) is 0.615. The molecule has 0 spiro atoms. The number of nitriles is 1. The van der Waals surface area contributed by atoms with Crippen molar-refractivity contribution in [2.24, 2.45) is 5.92 Å². The second-order valence-corrected chi connectivity index (χ2v) is 7.14. The van der Waals surface area contributed by atoms with Gasteiger partial charge in [-0.2, -0.15) is 5.26 Å². The molecule has 0 unspecified atom stereocenters. The van der Waals surface area contributed by atoms with Crippen molar-refractivity contribution in [2.75, 3.05) is 6.54 Å². The highest BCUT2D eigenvalue weighted by atomic mass is 79.9. The number of nitrogens with zero attached hydrogens (tertiary/aromatic N) is 1. The standard InChI is InChI=1S/C13H17BrN2S/c14-13-6-5-12(17-13)7-8-16-11-3-1-10(9-15)2-4-11/h5-6,10-11,16H,1-4,7-8H2. The molecule has 0 aliphatic heterocycles. The summed E-state index contributed by atoms with van der Waals surface area (Å²) in [4.78, 5) is 1.43. The Kier molecular flexibility index (Phi) is 5.02. The maximum atomic E-state index is 8.83. The first-order valence-corrected chi connectivity index (χ1v) is 7.76. The molecule has 1 saturated carbocycles. The van der Waals surface area contributed by atoms with E-state index in [1.165, 1.54) is 8.66 Å². The lowest BCUT2D eigenvalue weighted by molar-refractivity contribution is 0.334. The van der Waals surface area contributed by atoms with E-state index >= 15 is 0 Å². The molecule has 0 atom stereocenters. The first-order chi connectivity index (χ1) is 8.28. The number of nitrogens with one attached hydrogen (secondary N) is 1. The van der Waals surface area contributed by atoms with Crippen LogP contribution < -0.4 is 5.32 Å². The molecule has 1 N–H and O–H groups in total. The second-order valence-electron chi connectivity index (χ2n) is 4.59. The molecule has 1 aromatic heterocycles. The van der Waals surface area contributed by atoms with Crippen LogP contribution in [-0.2, 0) is 6.42 Å². The summed E-state index contributed by atoms with van der Waals surface area (Å²) in [6.45, 7) is 1.05. The number of hydrogen-bond donors (Lipinski definition) is 1. The molecule has 4 heteroatoms. The first-order valence-electron chi connectivity index (χ1n) is 6.15. The van der Waals surface area contributed by atoms with Gasteiger partial charge in [0.25, 0.3) is 0 Å². The fourth-order valence-electron chi connectivity index (χ4n) is 2.31. The highest BCUT2D eigenvalue weighted by Gasteiger charge is 2.19. The van der Waals surface area contributed by atoms with Gasteiger partial charge in [-0.1, -0.05) is 0 Å². The maximum Gasteiger partial charge on any atom is 0.0701 e. The van der Waals surface area contributed by atoms with Crippen molar-refractivity contribution in [3.8, 4) is 6.07 Å². The molecule has 1 aromatic rings. The predicted octanol–water partition coefficient (Wildman–Crippen LogP) is 3.73. The highest BCUT2D eigenvalue weighted by Crippen LogP contribution is 2.24. The summed E-state index contributed by atoms with van der Waals surface area (Å²) in [7, 11) is 0. The van der Waals surface area contributed by atoms with Gasteiger partial charge in [-0.25, -0.2) is 0 Å². The molecule has 0 bridgehead atoms. The van der Waals surface area contributed by atoms with Crippen molar-refractivity contribution >= 4 is 27.3 Å². The second kappa shape index (κ2) is 6.53. The average Bonchev–Trinajstić information content (AvgIpc) is 2.76. The summed E-state index contributed by atoms with van der Waals surface area (Å²) < 4.78 is 1.21. The maximum absolute atomic E-state index is 8.83. The third-order valence-electron chi connectivity index (χ3n) is 3.34. The molecule has 92 valence electrons. The highest BCUT2D eigenvalue weighted by molar-refractivity contribution is 9.11. The lowest BCUT2D eigenvalue weighted by atomic mass is 9.87. The molecular weight excluding hydrogens is 296 g/mol. The molecule has 1 fully saturated rings. The van der Waals surface area contributed by atoms with Crippen LogP contribution in [0.3, 0.4) is 0 Å². The molecule has 1 aliphatic carbocycles. The van der Waals surface area contributed by atoms with E-state index in [-0.39, 0.29) is 0 Å². The van der Waals surface area contributed by atoms with Crippen LogP contribution in [-0.4, -0.2) is 12.6 Å². The molecule has 0 amide bonds. The summed E-state index contributed by atoms with van der Waals surface area (Å²) in [5, 5.41) is 12.4. The van der Waals surface area contributed by atoms with Gasteiger partial charge in [0, 0.05) is 23.4 Å². The first kappa shape index (κ1) is 13.1. The zero-order valence-electron chi connectivity index (χ0n) is 9.79. The van der Waals surface area contributed by atoms with Crippen molar-refractivity contribution in [3.05, 3.63) is 20.8 Å². The minimum Gasteiger partial charge on any atom is -0.314 e. The predicted molar refractivity (Wildman–Crippen MR) is 75.1 cm³/mol. The summed E-state index contributed by atoms with van der Waals surface area (Å²) in [5.74, 6) is 0.307. The third-order valence-corrected chi connectivity index (χ3v) is 5.03. The molecule has 2 nitrogen and oxygen atoms in total. The molecule has 1 aliphatic rings. The Labute approximate surface area is 115 Å². The molecule has 0 saturated heterocycles. The molecule has 0 aromatic carbocycles. The van der Waals surface area contributed by atoms with Gasteiger partial charge in [-0.3, -0.25) is 0 Å². The van der Waals surface area contributed by atoms with Gasteiger partial charge in [-0.05, 0) is 60.2 Å². The van der Waals surface area contributed by atoms with E-state index in [9.17, 15) is 0 Å². The van der Waals surface area contributed by atoms with Crippen molar-refractivity contribution < 1.29 is 0 Å². The van der Waals surface area contributed by atoms with Gasteiger partial charge in [-0.15, -0.1) is 11.3 Å². The lowest BCUT2D eigenvalue weighted by Crippen LogP contribution is -2.34. The van der Waals surface area contributed by atoms with Crippen LogP contribution in [0, 0.1) is 17.2 Å². The zero-order valence-corrected chi connectivity index (χ0v) is 12.2. The van der Waals surface area contributed by atoms with E-state index in [1.54, 1.807) is 0 Å². The van der Waals surface area contributed by atoms with Gasteiger partial charge < -0.3 is 5.32 Å². The van der Waals surface area contributed by atoms with E-state index in [0.717, 1.165) is 38.6 Å². The molecule has 0 radical (unpaired) electrons. The van der Waals surface area contributed by atoms with E-state index in [4.69, 9.17) is 5.26 Å². The number of halogens is 1. The Morgan fingerprint density at radius 2 is 2.12 bits per heavy atom. The van der Waals surface area contributed by atoms with Gasteiger partial charge in [0.15, 0.2) is 0 Å². The largest absolute Gasteiger partial charge is 0.314 e. The minimum absolute atomic E-state index is 0.307.